The molecule has 1 aliphatic carbocycles. The number of benzene rings is 1. The van der Waals surface area contributed by atoms with E-state index in [2.05, 4.69) is 31.3 Å². The summed E-state index contributed by atoms with van der Waals surface area (Å²) in [6.45, 7) is 5.86. The predicted molar refractivity (Wildman–Crippen MR) is 80.7 cm³/mol. The van der Waals surface area contributed by atoms with Crippen LogP contribution in [0.25, 0.3) is 0 Å². The summed E-state index contributed by atoms with van der Waals surface area (Å²) in [5.41, 5.74) is 1.94. The molecule has 0 bridgehead atoms. The zero-order valence-electron chi connectivity index (χ0n) is 12.5. The maximum atomic E-state index is 5.17. The Hall–Kier alpha value is -1.02. The second-order valence-corrected chi connectivity index (χ2v) is 6.49. The maximum absolute atomic E-state index is 5.17. The normalized spacial score (nSPS) is 19.3. The van der Waals surface area contributed by atoms with Crippen LogP contribution in [-0.2, 0) is 6.42 Å². The Labute approximate surface area is 117 Å². The highest BCUT2D eigenvalue weighted by molar-refractivity contribution is 5.27. The molecule has 0 radical (unpaired) electrons. The van der Waals surface area contributed by atoms with E-state index >= 15 is 0 Å². The average molecular weight is 261 g/mol. The fourth-order valence-corrected chi connectivity index (χ4v) is 2.82. The van der Waals surface area contributed by atoms with Gasteiger partial charge in [-0.1, -0.05) is 26.0 Å². The molecule has 0 unspecified atom stereocenters. The van der Waals surface area contributed by atoms with Crippen LogP contribution in [0.3, 0.4) is 0 Å². The summed E-state index contributed by atoms with van der Waals surface area (Å²) in [7, 11) is 1.71. The van der Waals surface area contributed by atoms with Gasteiger partial charge in [-0.3, -0.25) is 0 Å². The molecule has 19 heavy (non-hydrogen) atoms. The first-order valence-electron chi connectivity index (χ1n) is 7.45. The average Bonchev–Trinajstić information content (AvgIpc) is 2.41. The van der Waals surface area contributed by atoms with Gasteiger partial charge in [-0.2, -0.15) is 0 Å². The Bertz CT molecular complexity index is 373. The number of ether oxygens (including phenoxy) is 1. The molecule has 106 valence electrons. The van der Waals surface area contributed by atoms with Crippen LogP contribution in [0.1, 0.15) is 45.1 Å². The molecule has 1 aliphatic rings. The van der Waals surface area contributed by atoms with E-state index in [-0.39, 0.29) is 0 Å². The van der Waals surface area contributed by atoms with Gasteiger partial charge in [-0.25, -0.2) is 0 Å². The zero-order valence-corrected chi connectivity index (χ0v) is 12.5. The van der Waals surface area contributed by atoms with Crippen LogP contribution in [0.2, 0.25) is 0 Å². The van der Waals surface area contributed by atoms with Gasteiger partial charge in [0, 0.05) is 6.04 Å². The topological polar surface area (TPSA) is 21.3 Å². The Morgan fingerprint density at radius 3 is 2.37 bits per heavy atom. The van der Waals surface area contributed by atoms with E-state index in [1.54, 1.807) is 7.11 Å². The number of methoxy groups -OCH3 is 1. The third-order valence-electron chi connectivity index (χ3n) is 4.34. The number of nitrogens with one attached hydrogen (secondary N) is 1. The molecular formula is C17H27NO. The molecule has 2 heteroatoms. The summed E-state index contributed by atoms with van der Waals surface area (Å²) in [5.74, 6) is 0.936. The van der Waals surface area contributed by atoms with E-state index in [0.29, 0.717) is 5.41 Å². The summed E-state index contributed by atoms with van der Waals surface area (Å²) in [5, 5.41) is 3.71. The van der Waals surface area contributed by atoms with Gasteiger partial charge in [0.2, 0.25) is 0 Å². The SMILES string of the molecule is COc1ccc(CCNC2CCC(C)(C)CC2)cc1. The van der Waals surface area contributed by atoms with Crippen molar-refractivity contribution in [3.05, 3.63) is 29.8 Å². The van der Waals surface area contributed by atoms with Crippen LogP contribution < -0.4 is 10.1 Å². The van der Waals surface area contributed by atoms with Crippen molar-refractivity contribution < 1.29 is 4.74 Å². The van der Waals surface area contributed by atoms with E-state index in [1.165, 1.54) is 31.2 Å². The molecule has 1 aromatic carbocycles. The molecule has 0 amide bonds. The minimum atomic E-state index is 0.564. The number of rotatable bonds is 5. The van der Waals surface area contributed by atoms with Crippen molar-refractivity contribution in [3.63, 3.8) is 0 Å². The van der Waals surface area contributed by atoms with Gasteiger partial charge in [0.05, 0.1) is 7.11 Å². The maximum Gasteiger partial charge on any atom is 0.118 e. The lowest BCUT2D eigenvalue weighted by Gasteiger charge is -2.34. The van der Waals surface area contributed by atoms with Gasteiger partial charge in [-0.15, -0.1) is 0 Å². The summed E-state index contributed by atoms with van der Waals surface area (Å²) in [6.07, 6.45) is 6.47. The first kappa shape index (κ1) is 14.4. The van der Waals surface area contributed by atoms with Crippen molar-refractivity contribution in [1.82, 2.24) is 5.32 Å². The Morgan fingerprint density at radius 1 is 1.16 bits per heavy atom. The predicted octanol–water partition coefficient (Wildman–Crippen LogP) is 3.80. The van der Waals surface area contributed by atoms with Gasteiger partial charge in [-0.05, 0) is 61.8 Å². The van der Waals surface area contributed by atoms with E-state index in [0.717, 1.165) is 24.8 Å². The lowest BCUT2D eigenvalue weighted by Crippen LogP contribution is -2.36. The second-order valence-electron chi connectivity index (χ2n) is 6.49. The van der Waals surface area contributed by atoms with Crippen molar-refractivity contribution in [2.45, 2.75) is 52.0 Å². The standard InChI is InChI=1S/C17H27NO/c1-17(2)11-8-15(9-12-17)18-13-10-14-4-6-16(19-3)7-5-14/h4-7,15,18H,8-13H2,1-3H3. The summed E-state index contributed by atoms with van der Waals surface area (Å²) >= 11 is 0. The monoisotopic (exact) mass is 261 g/mol. The highest BCUT2D eigenvalue weighted by Crippen LogP contribution is 2.34. The molecule has 0 heterocycles. The van der Waals surface area contributed by atoms with Gasteiger partial charge in [0.1, 0.15) is 5.75 Å². The molecule has 1 aromatic rings. The smallest absolute Gasteiger partial charge is 0.118 e. The lowest BCUT2D eigenvalue weighted by atomic mass is 9.75. The van der Waals surface area contributed by atoms with E-state index in [1.807, 2.05) is 12.1 Å². The third-order valence-corrected chi connectivity index (χ3v) is 4.34. The Balaban J connectivity index is 1.69. The van der Waals surface area contributed by atoms with Crippen LogP contribution >= 0.6 is 0 Å². The van der Waals surface area contributed by atoms with Crippen molar-refractivity contribution in [3.8, 4) is 5.75 Å². The fraction of sp³-hybridized carbons (Fsp3) is 0.647. The molecule has 2 nitrogen and oxygen atoms in total. The minimum absolute atomic E-state index is 0.564. The van der Waals surface area contributed by atoms with E-state index in [4.69, 9.17) is 4.74 Å². The van der Waals surface area contributed by atoms with Gasteiger partial charge in [0.25, 0.3) is 0 Å². The molecule has 0 spiro atoms. The van der Waals surface area contributed by atoms with Gasteiger partial charge < -0.3 is 10.1 Å². The molecular weight excluding hydrogens is 234 g/mol. The van der Waals surface area contributed by atoms with Crippen LogP contribution in [-0.4, -0.2) is 19.7 Å². The molecule has 0 aliphatic heterocycles. The first-order chi connectivity index (χ1) is 9.09. The van der Waals surface area contributed by atoms with Crippen LogP contribution in [0.4, 0.5) is 0 Å². The Morgan fingerprint density at radius 2 is 1.79 bits per heavy atom. The quantitative estimate of drug-likeness (QED) is 0.870. The second kappa shape index (κ2) is 6.42. The fourth-order valence-electron chi connectivity index (χ4n) is 2.82. The third kappa shape index (κ3) is 4.54. The lowest BCUT2D eigenvalue weighted by molar-refractivity contribution is 0.207. The van der Waals surface area contributed by atoms with Crippen molar-refractivity contribution in [2.24, 2.45) is 5.41 Å². The van der Waals surface area contributed by atoms with Crippen LogP contribution in [0, 0.1) is 5.41 Å². The zero-order chi connectivity index (χ0) is 13.7. The van der Waals surface area contributed by atoms with Gasteiger partial charge in [0.15, 0.2) is 0 Å². The summed E-state index contributed by atoms with van der Waals surface area (Å²) in [6, 6.07) is 9.12. The largest absolute Gasteiger partial charge is 0.497 e. The summed E-state index contributed by atoms with van der Waals surface area (Å²) < 4.78 is 5.17. The van der Waals surface area contributed by atoms with Crippen molar-refractivity contribution in [2.75, 3.05) is 13.7 Å². The van der Waals surface area contributed by atoms with Crippen LogP contribution in [0.5, 0.6) is 5.75 Å². The molecule has 0 saturated heterocycles. The molecule has 1 saturated carbocycles. The van der Waals surface area contributed by atoms with Gasteiger partial charge >= 0.3 is 0 Å². The molecule has 1 N–H and O–H groups in total. The molecule has 0 atom stereocenters. The molecule has 0 aromatic heterocycles. The first-order valence-corrected chi connectivity index (χ1v) is 7.45. The van der Waals surface area contributed by atoms with E-state index in [9.17, 15) is 0 Å². The Kier molecular flexibility index (Phi) is 4.87. The summed E-state index contributed by atoms with van der Waals surface area (Å²) in [4.78, 5) is 0. The highest BCUT2D eigenvalue weighted by Gasteiger charge is 2.26. The van der Waals surface area contributed by atoms with Crippen LogP contribution in [0.15, 0.2) is 24.3 Å². The van der Waals surface area contributed by atoms with Crippen molar-refractivity contribution in [1.29, 1.82) is 0 Å². The highest BCUT2D eigenvalue weighted by atomic mass is 16.5. The molecule has 1 fully saturated rings. The molecule has 2 rings (SSSR count). The van der Waals surface area contributed by atoms with Crippen molar-refractivity contribution >= 4 is 0 Å². The minimum Gasteiger partial charge on any atom is -0.497 e. The number of hydrogen-bond donors (Lipinski definition) is 1. The van der Waals surface area contributed by atoms with E-state index < -0.39 is 0 Å². The number of hydrogen-bond acceptors (Lipinski definition) is 2.